The number of ketones is 1. The zero-order valence-corrected chi connectivity index (χ0v) is 19.8. The maximum atomic E-state index is 13.3. The first-order valence-electron chi connectivity index (χ1n) is 11.6. The van der Waals surface area contributed by atoms with Crippen LogP contribution in [0.2, 0.25) is 0 Å². The molecule has 170 valence electrons. The monoisotopic (exact) mass is 448 g/mol. The summed E-state index contributed by atoms with van der Waals surface area (Å²) in [6, 6.07) is 21.5. The van der Waals surface area contributed by atoms with E-state index in [1.807, 2.05) is 54.6 Å². The summed E-state index contributed by atoms with van der Waals surface area (Å²) in [5.41, 5.74) is 5.31. The van der Waals surface area contributed by atoms with Gasteiger partial charge in [0.25, 0.3) is 0 Å². The van der Waals surface area contributed by atoms with Crippen LogP contribution in [-0.4, -0.2) is 22.4 Å². The fourth-order valence-electron chi connectivity index (χ4n) is 3.91. The van der Waals surface area contributed by atoms with Crippen molar-refractivity contribution in [1.82, 2.24) is 9.97 Å². The molecule has 0 spiro atoms. The van der Waals surface area contributed by atoms with Crippen LogP contribution < -0.4 is 4.74 Å². The van der Waals surface area contributed by atoms with Gasteiger partial charge in [0.15, 0.2) is 0 Å². The van der Waals surface area contributed by atoms with Crippen molar-refractivity contribution in [3.05, 3.63) is 89.2 Å². The Hall–Kier alpha value is -3.97. The number of terminal acetylenes is 1. The molecule has 0 fully saturated rings. The maximum absolute atomic E-state index is 13.3. The highest BCUT2D eigenvalue weighted by atomic mass is 16.5. The third-order valence-corrected chi connectivity index (χ3v) is 5.80. The summed E-state index contributed by atoms with van der Waals surface area (Å²) in [5.74, 6) is 3.53. The minimum absolute atomic E-state index is 0.176. The third-order valence-electron chi connectivity index (χ3n) is 5.80. The number of ether oxygens (including phenoxy) is 1. The summed E-state index contributed by atoms with van der Waals surface area (Å²) in [4.78, 5) is 22.7. The van der Waals surface area contributed by atoms with Crippen LogP contribution in [0, 0.1) is 12.3 Å². The van der Waals surface area contributed by atoms with E-state index >= 15 is 0 Å². The van der Waals surface area contributed by atoms with E-state index in [0.717, 1.165) is 23.8 Å². The Kier molecular flexibility index (Phi) is 7.04. The molecule has 1 heterocycles. The van der Waals surface area contributed by atoms with Gasteiger partial charge in [-0.3, -0.25) is 4.79 Å². The van der Waals surface area contributed by atoms with E-state index in [1.54, 1.807) is 0 Å². The number of rotatable bonds is 8. The molecule has 0 N–H and O–H groups in total. The predicted octanol–water partition coefficient (Wildman–Crippen LogP) is 6.62. The first-order chi connectivity index (χ1) is 16.5. The van der Waals surface area contributed by atoms with Gasteiger partial charge < -0.3 is 4.74 Å². The average Bonchev–Trinajstić information content (AvgIpc) is 2.87. The lowest BCUT2D eigenvalue weighted by molar-refractivity contribution is 0.103. The van der Waals surface area contributed by atoms with Crippen molar-refractivity contribution in [1.29, 1.82) is 0 Å². The zero-order chi connectivity index (χ0) is 24.1. The van der Waals surface area contributed by atoms with E-state index in [9.17, 15) is 4.79 Å². The molecule has 0 unspecified atom stereocenters. The number of nitrogens with zero attached hydrogens (tertiary/aromatic N) is 2. The Balaban J connectivity index is 1.82. The van der Waals surface area contributed by atoms with E-state index in [0.29, 0.717) is 28.4 Å². The predicted molar refractivity (Wildman–Crippen MR) is 137 cm³/mol. The molecular formula is C30H28N2O2. The summed E-state index contributed by atoms with van der Waals surface area (Å²) in [6.07, 6.45) is 7.40. The van der Waals surface area contributed by atoms with Gasteiger partial charge >= 0.3 is 0 Å². The quantitative estimate of drug-likeness (QED) is 0.225. The summed E-state index contributed by atoms with van der Waals surface area (Å²) < 4.78 is 5.62. The number of carbonyl (C=O) groups excluding carboxylic acids is 1. The Morgan fingerprint density at radius 2 is 1.74 bits per heavy atom. The molecule has 3 aromatic carbocycles. The Morgan fingerprint density at radius 3 is 2.38 bits per heavy atom. The van der Waals surface area contributed by atoms with Crippen LogP contribution in [0.25, 0.3) is 22.2 Å². The van der Waals surface area contributed by atoms with Gasteiger partial charge in [-0.1, -0.05) is 81.6 Å². The lowest BCUT2D eigenvalue weighted by Gasteiger charge is -2.12. The van der Waals surface area contributed by atoms with Gasteiger partial charge in [-0.2, -0.15) is 0 Å². The minimum atomic E-state index is -0.197. The molecule has 0 saturated heterocycles. The number of fused-ring (bicyclic) bond motifs is 1. The van der Waals surface area contributed by atoms with Crippen LogP contribution in [0.4, 0.5) is 0 Å². The van der Waals surface area contributed by atoms with Crippen LogP contribution in [-0.2, 0) is 6.42 Å². The standard InChI is InChI=1S/C30H28N2O2/c1-5-7-21-8-10-24(11-9-21)29(33)30-31-27-17-16-25(34-18-6-2)19-26(27)28(32-30)23-14-12-22(13-15-23)20(3)4/h2,8-17,19-20H,5,7,18H2,1,3-4H3. The molecule has 0 aliphatic carbocycles. The summed E-state index contributed by atoms with van der Waals surface area (Å²) in [6.45, 7) is 6.63. The summed E-state index contributed by atoms with van der Waals surface area (Å²) in [5, 5.41) is 0.807. The highest BCUT2D eigenvalue weighted by Crippen LogP contribution is 2.31. The van der Waals surface area contributed by atoms with E-state index < -0.39 is 0 Å². The zero-order valence-electron chi connectivity index (χ0n) is 19.8. The maximum Gasteiger partial charge on any atom is 0.230 e. The van der Waals surface area contributed by atoms with Crippen molar-refractivity contribution in [2.75, 3.05) is 6.61 Å². The van der Waals surface area contributed by atoms with Crippen LogP contribution in [0.5, 0.6) is 5.75 Å². The molecule has 34 heavy (non-hydrogen) atoms. The fourth-order valence-corrected chi connectivity index (χ4v) is 3.91. The molecule has 4 heteroatoms. The molecule has 4 aromatic rings. The van der Waals surface area contributed by atoms with Gasteiger partial charge in [-0.25, -0.2) is 9.97 Å². The highest BCUT2D eigenvalue weighted by molar-refractivity contribution is 6.08. The van der Waals surface area contributed by atoms with Gasteiger partial charge in [0, 0.05) is 16.5 Å². The Labute approximate surface area is 201 Å². The second-order valence-corrected chi connectivity index (χ2v) is 8.62. The van der Waals surface area contributed by atoms with Crippen LogP contribution in [0.15, 0.2) is 66.7 Å². The van der Waals surface area contributed by atoms with Crippen molar-refractivity contribution in [2.45, 2.75) is 39.5 Å². The number of hydrogen-bond donors (Lipinski definition) is 0. The molecule has 4 nitrogen and oxygen atoms in total. The van der Waals surface area contributed by atoms with Crippen LogP contribution in [0.1, 0.15) is 60.4 Å². The Morgan fingerprint density at radius 1 is 1.00 bits per heavy atom. The van der Waals surface area contributed by atoms with E-state index in [-0.39, 0.29) is 18.2 Å². The molecule has 0 radical (unpaired) electrons. The number of carbonyl (C=O) groups is 1. The number of aromatic nitrogens is 2. The molecule has 0 aliphatic heterocycles. The molecule has 0 atom stereocenters. The minimum Gasteiger partial charge on any atom is -0.481 e. The summed E-state index contributed by atoms with van der Waals surface area (Å²) in [7, 11) is 0. The van der Waals surface area contributed by atoms with Gasteiger partial charge in [0.2, 0.25) is 11.6 Å². The van der Waals surface area contributed by atoms with Gasteiger partial charge in [0.1, 0.15) is 12.4 Å². The normalized spacial score (nSPS) is 10.9. The molecule has 0 saturated carbocycles. The second-order valence-electron chi connectivity index (χ2n) is 8.62. The van der Waals surface area contributed by atoms with Gasteiger partial charge in [0.05, 0.1) is 11.2 Å². The lowest BCUT2D eigenvalue weighted by Crippen LogP contribution is -2.09. The molecule has 4 rings (SSSR count). The van der Waals surface area contributed by atoms with Crippen molar-refractivity contribution >= 4 is 16.7 Å². The topological polar surface area (TPSA) is 52.1 Å². The molecule has 0 amide bonds. The molecule has 1 aromatic heterocycles. The largest absolute Gasteiger partial charge is 0.481 e. The van der Waals surface area contributed by atoms with Crippen molar-refractivity contribution in [3.63, 3.8) is 0 Å². The van der Waals surface area contributed by atoms with Crippen molar-refractivity contribution < 1.29 is 9.53 Å². The number of benzene rings is 3. The third kappa shape index (κ3) is 5.00. The average molecular weight is 449 g/mol. The van der Waals surface area contributed by atoms with E-state index in [2.05, 4.69) is 43.8 Å². The van der Waals surface area contributed by atoms with Crippen LogP contribution in [0.3, 0.4) is 0 Å². The number of aryl methyl sites for hydroxylation is 1. The van der Waals surface area contributed by atoms with Gasteiger partial charge in [-0.15, -0.1) is 6.42 Å². The number of hydrogen-bond acceptors (Lipinski definition) is 4. The fraction of sp³-hybridized carbons (Fsp3) is 0.233. The van der Waals surface area contributed by atoms with Gasteiger partial charge in [-0.05, 0) is 41.7 Å². The molecule has 0 bridgehead atoms. The molecular weight excluding hydrogens is 420 g/mol. The summed E-state index contributed by atoms with van der Waals surface area (Å²) >= 11 is 0. The van der Waals surface area contributed by atoms with Crippen molar-refractivity contribution in [2.24, 2.45) is 0 Å². The second kappa shape index (κ2) is 10.3. The van der Waals surface area contributed by atoms with Crippen molar-refractivity contribution in [3.8, 4) is 29.4 Å². The van der Waals surface area contributed by atoms with Crippen LogP contribution >= 0.6 is 0 Å². The highest BCUT2D eigenvalue weighted by Gasteiger charge is 2.18. The smallest absolute Gasteiger partial charge is 0.230 e. The van der Waals surface area contributed by atoms with E-state index in [1.165, 1.54) is 11.1 Å². The van der Waals surface area contributed by atoms with E-state index in [4.69, 9.17) is 16.1 Å². The first-order valence-corrected chi connectivity index (χ1v) is 11.6. The SMILES string of the molecule is C#CCOc1ccc2nc(C(=O)c3ccc(CCC)cc3)nc(-c3ccc(C(C)C)cc3)c2c1. The Bertz CT molecular complexity index is 1350. The first kappa shape index (κ1) is 23.2. The molecule has 0 aliphatic rings. The lowest BCUT2D eigenvalue weighted by atomic mass is 9.99.